The highest BCUT2D eigenvalue weighted by Gasteiger charge is 2.00. The minimum absolute atomic E-state index is 0.376. The van der Waals surface area contributed by atoms with Gasteiger partial charge in [0.25, 0.3) is 0 Å². The first kappa shape index (κ1) is 9.41. The van der Waals surface area contributed by atoms with Gasteiger partial charge in [-0.1, -0.05) is 0 Å². The Morgan fingerprint density at radius 1 is 1.75 bits per heavy atom. The van der Waals surface area contributed by atoms with Gasteiger partial charge in [0, 0.05) is 17.9 Å². The summed E-state index contributed by atoms with van der Waals surface area (Å²) < 4.78 is 0. The first-order valence-corrected chi connectivity index (χ1v) is 4.45. The van der Waals surface area contributed by atoms with Crippen LogP contribution < -0.4 is 5.23 Å². The van der Waals surface area contributed by atoms with Crippen LogP contribution in [0.25, 0.3) is 6.08 Å². The number of hydrogen-bond acceptors (Lipinski definition) is 3. The topological polar surface area (TPSA) is 47.7 Å². The van der Waals surface area contributed by atoms with E-state index in [-0.39, 0.29) is 0 Å². The molecule has 1 aromatic rings. The monoisotopic (exact) mass is 185 g/mol. The number of hydrogen-bond donors (Lipinski definition) is 2. The van der Waals surface area contributed by atoms with Gasteiger partial charge in [-0.3, -0.25) is 0 Å². The van der Waals surface area contributed by atoms with Crippen molar-refractivity contribution in [1.82, 2.24) is 0 Å². The standard InChI is InChI=1S/C8H11NO2S/c1-6-3-4-12-8(6)5-7(2)9(10)11/h3-5,9-10H,1-2H3. The highest BCUT2D eigenvalue weighted by molar-refractivity contribution is 7.11. The van der Waals surface area contributed by atoms with Gasteiger partial charge in [0.2, 0.25) is 0 Å². The van der Waals surface area contributed by atoms with Crippen molar-refractivity contribution < 1.29 is 10.4 Å². The number of allylic oxidation sites excluding steroid dienone is 1. The molecule has 0 saturated heterocycles. The lowest BCUT2D eigenvalue weighted by Gasteiger charge is -2.10. The van der Waals surface area contributed by atoms with Gasteiger partial charge >= 0.3 is 0 Å². The molecule has 0 aromatic carbocycles. The normalized spacial score (nSPS) is 14.8. The molecule has 0 fully saturated rings. The molecular formula is C8H11NO2S. The summed E-state index contributed by atoms with van der Waals surface area (Å²) >= 11 is 1.56. The van der Waals surface area contributed by atoms with Crippen LogP contribution in [0.2, 0.25) is 0 Å². The van der Waals surface area contributed by atoms with Crippen LogP contribution in [0.3, 0.4) is 0 Å². The third-order valence-electron chi connectivity index (χ3n) is 1.59. The van der Waals surface area contributed by atoms with E-state index in [0.717, 1.165) is 10.4 Å². The average molecular weight is 185 g/mol. The molecule has 0 radical (unpaired) electrons. The summed E-state index contributed by atoms with van der Waals surface area (Å²) in [6.07, 6.45) is 1.70. The molecule has 1 aromatic heterocycles. The molecule has 66 valence electrons. The molecule has 1 atom stereocenters. The van der Waals surface area contributed by atoms with E-state index in [1.54, 1.807) is 24.3 Å². The van der Waals surface area contributed by atoms with Crippen molar-refractivity contribution in [2.75, 3.05) is 0 Å². The Morgan fingerprint density at radius 2 is 2.42 bits per heavy atom. The third kappa shape index (κ3) is 2.15. The van der Waals surface area contributed by atoms with Crippen molar-refractivity contribution in [3.8, 4) is 0 Å². The summed E-state index contributed by atoms with van der Waals surface area (Å²) in [6.45, 7) is 3.57. The molecule has 4 heteroatoms. The van der Waals surface area contributed by atoms with Gasteiger partial charge in [-0.15, -0.1) is 11.3 Å². The summed E-state index contributed by atoms with van der Waals surface area (Å²) in [5.74, 6) is 0. The number of aryl methyl sites for hydroxylation is 1. The summed E-state index contributed by atoms with van der Waals surface area (Å²) in [5, 5.41) is 20.2. The van der Waals surface area contributed by atoms with E-state index in [2.05, 4.69) is 0 Å². The van der Waals surface area contributed by atoms with E-state index in [1.807, 2.05) is 18.4 Å². The van der Waals surface area contributed by atoms with E-state index in [1.165, 1.54) is 0 Å². The van der Waals surface area contributed by atoms with E-state index >= 15 is 0 Å². The van der Waals surface area contributed by atoms with Gasteiger partial charge in [0.1, 0.15) is 5.70 Å². The van der Waals surface area contributed by atoms with Crippen LogP contribution in [0, 0.1) is 12.1 Å². The van der Waals surface area contributed by atoms with Crippen molar-refractivity contribution >= 4 is 17.4 Å². The van der Waals surface area contributed by atoms with Gasteiger partial charge in [0.05, 0.1) is 0 Å². The predicted molar refractivity (Wildman–Crippen MR) is 48.8 cm³/mol. The van der Waals surface area contributed by atoms with E-state index < -0.39 is 5.23 Å². The third-order valence-corrected chi connectivity index (χ3v) is 2.55. The van der Waals surface area contributed by atoms with Gasteiger partial charge in [-0.2, -0.15) is 5.23 Å². The predicted octanol–water partition coefficient (Wildman–Crippen LogP) is 1.19. The molecule has 0 saturated carbocycles. The Hall–Kier alpha value is -0.680. The Balaban J connectivity index is 2.87. The Labute approximate surface area is 75.1 Å². The Morgan fingerprint density at radius 3 is 2.83 bits per heavy atom. The quantitative estimate of drug-likeness (QED) is 0.680. The first-order chi connectivity index (χ1) is 5.61. The zero-order valence-electron chi connectivity index (χ0n) is 7.00. The van der Waals surface area contributed by atoms with Gasteiger partial charge < -0.3 is 5.21 Å². The molecule has 2 N–H and O–H groups in total. The zero-order valence-corrected chi connectivity index (χ0v) is 7.81. The maximum atomic E-state index is 10.5. The van der Waals surface area contributed by atoms with E-state index in [4.69, 9.17) is 5.21 Å². The number of rotatable bonds is 2. The van der Waals surface area contributed by atoms with Crippen molar-refractivity contribution in [3.63, 3.8) is 0 Å². The maximum Gasteiger partial charge on any atom is 0.138 e. The highest BCUT2D eigenvalue weighted by atomic mass is 32.1. The Kier molecular flexibility index (Phi) is 2.99. The highest BCUT2D eigenvalue weighted by Crippen LogP contribution is 2.17. The van der Waals surface area contributed by atoms with Crippen LogP contribution in [-0.2, 0) is 0 Å². The van der Waals surface area contributed by atoms with Crippen molar-refractivity contribution in [3.05, 3.63) is 32.8 Å². The second-order valence-electron chi connectivity index (χ2n) is 2.60. The molecule has 0 amide bonds. The number of thiophene rings is 1. The SMILES string of the molecule is CC(=Cc1sccc1C)[NH+]([O-])O. The second-order valence-corrected chi connectivity index (χ2v) is 3.55. The van der Waals surface area contributed by atoms with Crippen LogP contribution in [0.5, 0.6) is 0 Å². The molecule has 3 nitrogen and oxygen atoms in total. The molecular weight excluding hydrogens is 174 g/mol. The number of nitrogens with one attached hydrogen (secondary N) is 1. The fourth-order valence-corrected chi connectivity index (χ4v) is 1.71. The molecule has 0 aliphatic heterocycles. The lowest BCUT2D eigenvalue weighted by molar-refractivity contribution is -1.01. The van der Waals surface area contributed by atoms with E-state index in [0.29, 0.717) is 5.70 Å². The largest absolute Gasteiger partial charge is 0.595 e. The summed E-state index contributed by atoms with van der Waals surface area (Å²) in [6, 6.07) is 1.98. The Bertz CT molecular complexity index is 291. The minimum atomic E-state index is -0.859. The minimum Gasteiger partial charge on any atom is -0.595 e. The number of hydroxylamine groups is 2. The zero-order chi connectivity index (χ0) is 9.14. The molecule has 12 heavy (non-hydrogen) atoms. The van der Waals surface area contributed by atoms with Crippen molar-refractivity contribution in [2.24, 2.45) is 0 Å². The van der Waals surface area contributed by atoms with Crippen molar-refractivity contribution in [2.45, 2.75) is 13.8 Å². The van der Waals surface area contributed by atoms with Crippen LogP contribution in [0.4, 0.5) is 0 Å². The summed E-state index contributed by atoms with van der Waals surface area (Å²) in [4.78, 5) is 1.02. The summed E-state index contributed by atoms with van der Waals surface area (Å²) in [7, 11) is 0. The van der Waals surface area contributed by atoms with Crippen LogP contribution in [0.1, 0.15) is 17.4 Å². The lowest BCUT2D eigenvalue weighted by Crippen LogP contribution is -3.02. The van der Waals surface area contributed by atoms with Crippen LogP contribution >= 0.6 is 11.3 Å². The van der Waals surface area contributed by atoms with Gasteiger partial charge in [-0.05, 0) is 23.9 Å². The molecule has 0 bridgehead atoms. The van der Waals surface area contributed by atoms with Crippen LogP contribution in [-0.4, -0.2) is 5.21 Å². The molecule has 0 aliphatic carbocycles. The molecule has 0 aliphatic rings. The molecule has 0 spiro atoms. The molecule has 1 rings (SSSR count). The maximum absolute atomic E-state index is 10.5. The smallest absolute Gasteiger partial charge is 0.138 e. The lowest BCUT2D eigenvalue weighted by atomic mass is 10.2. The number of quaternary nitrogens is 1. The fourth-order valence-electron chi connectivity index (χ4n) is 0.791. The first-order valence-electron chi connectivity index (χ1n) is 3.57. The summed E-state index contributed by atoms with van der Waals surface area (Å²) in [5.41, 5.74) is 1.50. The molecule has 1 heterocycles. The van der Waals surface area contributed by atoms with Gasteiger partial charge in [-0.25, -0.2) is 5.21 Å². The van der Waals surface area contributed by atoms with Crippen LogP contribution in [0.15, 0.2) is 17.1 Å². The molecule has 1 unspecified atom stereocenters. The van der Waals surface area contributed by atoms with Crippen molar-refractivity contribution in [1.29, 1.82) is 0 Å². The second kappa shape index (κ2) is 3.82. The van der Waals surface area contributed by atoms with E-state index in [9.17, 15) is 5.21 Å². The fraction of sp³-hybridized carbons (Fsp3) is 0.250. The van der Waals surface area contributed by atoms with Gasteiger partial charge in [0.15, 0.2) is 0 Å². The average Bonchev–Trinajstić information content (AvgIpc) is 2.36.